The van der Waals surface area contributed by atoms with E-state index in [0.717, 1.165) is 22.4 Å². The van der Waals surface area contributed by atoms with Crippen molar-refractivity contribution in [1.29, 1.82) is 0 Å². The summed E-state index contributed by atoms with van der Waals surface area (Å²) in [7, 11) is 0. The number of amides is 2. The molecule has 35 heavy (non-hydrogen) atoms. The van der Waals surface area contributed by atoms with Crippen LogP contribution < -0.4 is 5.32 Å². The lowest BCUT2D eigenvalue weighted by molar-refractivity contribution is -0.133. The lowest BCUT2D eigenvalue weighted by Gasteiger charge is -2.44. The number of nitrogens with zero attached hydrogens (tertiary/aromatic N) is 3. The number of aromatic nitrogens is 1. The molecule has 6 heteroatoms. The second-order valence-corrected chi connectivity index (χ2v) is 9.64. The highest BCUT2D eigenvalue weighted by Gasteiger charge is 2.51. The van der Waals surface area contributed by atoms with Gasteiger partial charge in [0.1, 0.15) is 0 Å². The first kappa shape index (κ1) is 23.2. The fourth-order valence-corrected chi connectivity index (χ4v) is 5.32. The Bertz CT molecular complexity index is 1160. The number of aryl methyl sites for hydroxylation is 1. The molecule has 1 N–H and O–H groups in total. The van der Waals surface area contributed by atoms with Crippen molar-refractivity contribution in [3.05, 3.63) is 101 Å². The number of hydrogen-bond acceptors (Lipinski definition) is 4. The third-order valence-electron chi connectivity index (χ3n) is 7.30. The largest absolute Gasteiger partial charge is 0.338 e. The van der Waals surface area contributed by atoms with Gasteiger partial charge in [0, 0.05) is 56.4 Å². The molecule has 3 aromatic rings. The molecule has 0 unspecified atom stereocenters. The summed E-state index contributed by atoms with van der Waals surface area (Å²) in [6, 6.07) is 23.5. The van der Waals surface area contributed by atoms with E-state index in [4.69, 9.17) is 0 Å². The zero-order valence-corrected chi connectivity index (χ0v) is 20.2. The minimum Gasteiger partial charge on any atom is -0.338 e. The van der Waals surface area contributed by atoms with Gasteiger partial charge in [-0.1, -0.05) is 54.1 Å². The van der Waals surface area contributed by atoms with E-state index in [1.54, 1.807) is 6.20 Å². The van der Waals surface area contributed by atoms with Crippen LogP contribution in [0.1, 0.15) is 40.0 Å². The van der Waals surface area contributed by atoms with Crippen molar-refractivity contribution in [2.45, 2.75) is 44.3 Å². The van der Waals surface area contributed by atoms with E-state index in [9.17, 15) is 9.59 Å². The van der Waals surface area contributed by atoms with Crippen LogP contribution in [0, 0.1) is 6.92 Å². The first-order valence-electron chi connectivity index (χ1n) is 12.4. The average Bonchev–Trinajstić information content (AvgIpc) is 3.14. The Morgan fingerprint density at radius 2 is 1.71 bits per heavy atom. The molecule has 2 fully saturated rings. The number of pyridine rings is 1. The fourth-order valence-electron chi connectivity index (χ4n) is 5.32. The number of carbonyl (C=O) groups excluding carboxylic acids is 2. The first-order chi connectivity index (χ1) is 17.0. The number of nitrogens with one attached hydrogen (secondary N) is 1. The van der Waals surface area contributed by atoms with Crippen molar-refractivity contribution in [2.75, 3.05) is 19.6 Å². The molecule has 180 valence electrons. The van der Waals surface area contributed by atoms with Gasteiger partial charge in [-0.25, -0.2) is 0 Å². The molecule has 2 aliphatic rings. The van der Waals surface area contributed by atoms with Crippen molar-refractivity contribution in [3.8, 4) is 0 Å². The van der Waals surface area contributed by atoms with E-state index in [1.165, 1.54) is 0 Å². The summed E-state index contributed by atoms with van der Waals surface area (Å²) in [5.74, 6) is 0.202. The summed E-state index contributed by atoms with van der Waals surface area (Å²) in [6.07, 6.45) is 4.59. The van der Waals surface area contributed by atoms with Crippen LogP contribution in [0.2, 0.25) is 0 Å². The minimum atomic E-state index is -0.435. The van der Waals surface area contributed by atoms with Gasteiger partial charge in [0.2, 0.25) is 5.91 Å². The van der Waals surface area contributed by atoms with Crippen molar-refractivity contribution >= 4 is 11.8 Å². The van der Waals surface area contributed by atoms with Gasteiger partial charge in [-0.3, -0.25) is 19.9 Å². The third-order valence-corrected chi connectivity index (χ3v) is 7.30. The third kappa shape index (κ3) is 4.98. The molecule has 3 heterocycles. The van der Waals surface area contributed by atoms with Crippen LogP contribution in [0.4, 0.5) is 0 Å². The van der Waals surface area contributed by atoms with E-state index in [-0.39, 0.29) is 17.9 Å². The van der Waals surface area contributed by atoms with Gasteiger partial charge in [-0.05, 0) is 43.2 Å². The molecule has 2 amide bonds. The number of piperidine rings is 1. The summed E-state index contributed by atoms with van der Waals surface area (Å²) >= 11 is 0. The summed E-state index contributed by atoms with van der Waals surface area (Å²) in [5, 5.41) is 3.72. The number of benzene rings is 2. The van der Waals surface area contributed by atoms with Crippen LogP contribution in [0.3, 0.4) is 0 Å². The molecule has 0 saturated carbocycles. The Kier molecular flexibility index (Phi) is 6.64. The number of rotatable bonds is 6. The van der Waals surface area contributed by atoms with E-state index in [2.05, 4.69) is 22.4 Å². The van der Waals surface area contributed by atoms with Gasteiger partial charge >= 0.3 is 0 Å². The van der Waals surface area contributed by atoms with E-state index in [1.807, 2.05) is 77.4 Å². The van der Waals surface area contributed by atoms with Crippen molar-refractivity contribution in [3.63, 3.8) is 0 Å². The Hall–Kier alpha value is -3.51. The molecular weight excluding hydrogens is 436 g/mol. The SMILES string of the molecule is Cc1ccc(C(=O)N2CCC3(CC2)N[C@H](Cc2ccccc2)C(=O)N3CCc2ccccn2)cc1. The van der Waals surface area contributed by atoms with E-state index in [0.29, 0.717) is 45.3 Å². The van der Waals surface area contributed by atoms with Crippen molar-refractivity contribution in [2.24, 2.45) is 0 Å². The minimum absolute atomic E-state index is 0.0602. The van der Waals surface area contributed by atoms with Gasteiger partial charge in [0.15, 0.2) is 0 Å². The van der Waals surface area contributed by atoms with Crippen LogP contribution in [0.15, 0.2) is 79.0 Å². The van der Waals surface area contributed by atoms with Crippen LogP contribution in [-0.4, -0.2) is 57.9 Å². The second kappa shape index (κ2) is 10.0. The average molecular weight is 469 g/mol. The van der Waals surface area contributed by atoms with Crippen LogP contribution >= 0.6 is 0 Å². The summed E-state index contributed by atoms with van der Waals surface area (Å²) in [5.41, 5.74) is 3.55. The lowest BCUT2D eigenvalue weighted by Crippen LogP contribution is -2.60. The zero-order chi connectivity index (χ0) is 24.3. The van der Waals surface area contributed by atoms with Crippen LogP contribution in [-0.2, 0) is 17.6 Å². The monoisotopic (exact) mass is 468 g/mol. The van der Waals surface area contributed by atoms with Crippen molar-refractivity contribution in [1.82, 2.24) is 20.1 Å². The Morgan fingerprint density at radius 1 is 1.00 bits per heavy atom. The fraction of sp³-hybridized carbons (Fsp3) is 0.345. The van der Waals surface area contributed by atoms with Crippen LogP contribution in [0.25, 0.3) is 0 Å². The molecule has 0 aliphatic carbocycles. The van der Waals surface area contributed by atoms with Crippen LogP contribution in [0.5, 0.6) is 0 Å². The number of hydrogen-bond donors (Lipinski definition) is 1. The molecular formula is C29H32N4O2. The molecule has 2 saturated heterocycles. The lowest BCUT2D eigenvalue weighted by atomic mass is 9.94. The van der Waals surface area contributed by atoms with Gasteiger partial charge in [0.05, 0.1) is 11.7 Å². The summed E-state index contributed by atoms with van der Waals surface area (Å²) in [6.45, 7) is 3.86. The molecule has 1 atom stereocenters. The van der Waals surface area contributed by atoms with Gasteiger partial charge < -0.3 is 9.80 Å². The molecule has 6 nitrogen and oxygen atoms in total. The Balaban J connectivity index is 1.32. The quantitative estimate of drug-likeness (QED) is 0.600. The highest BCUT2D eigenvalue weighted by Crippen LogP contribution is 2.34. The number of carbonyl (C=O) groups is 2. The van der Waals surface area contributed by atoms with Crippen molar-refractivity contribution < 1.29 is 9.59 Å². The summed E-state index contributed by atoms with van der Waals surface area (Å²) < 4.78 is 0. The molecule has 1 spiro atoms. The standard InChI is InChI=1S/C29H32N4O2/c1-22-10-12-24(13-11-22)27(34)32-19-15-29(16-20-32)31-26(21-23-7-3-2-4-8-23)28(35)33(29)18-14-25-9-5-6-17-30-25/h2-13,17,26,31H,14-16,18-21H2,1H3/t26-/m1/s1. The predicted molar refractivity (Wildman–Crippen MR) is 136 cm³/mol. The second-order valence-electron chi connectivity index (χ2n) is 9.64. The maximum absolute atomic E-state index is 13.6. The van der Waals surface area contributed by atoms with Gasteiger partial charge in [-0.15, -0.1) is 0 Å². The summed E-state index contributed by atoms with van der Waals surface area (Å²) in [4.78, 5) is 35.1. The number of likely N-dealkylation sites (tertiary alicyclic amines) is 1. The molecule has 0 bridgehead atoms. The first-order valence-corrected chi connectivity index (χ1v) is 12.4. The molecule has 2 aromatic carbocycles. The normalized spacial score (nSPS) is 19.3. The highest BCUT2D eigenvalue weighted by atomic mass is 16.2. The van der Waals surface area contributed by atoms with Gasteiger partial charge in [0.25, 0.3) is 5.91 Å². The van der Waals surface area contributed by atoms with Gasteiger partial charge in [-0.2, -0.15) is 0 Å². The topological polar surface area (TPSA) is 65.5 Å². The zero-order valence-electron chi connectivity index (χ0n) is 20.2. The molecule has 5 rings (SSSR count). The van der Waals surface area contributed by atoms with E-state index < -0.39 is 5.66 Å². The molecule has 1 aromatic heterocycles. The maximum atomic E-state index is 13.6. The Labute approximate surface area is 207 Å². The smallest absolute Gasteiger partial charge is 0.253 e. The molecule has 2 aliphatic heterocycles. The van der Waals surface area contributed by atoms with E-state index >= 15 is 0 Å². The predicted octanol–water partition coefficient (Wildman–Crippen LogP) is 3.61. The maximum Gasteiger partial charge on any atom is 0.253 e. The highest BCUT2D eigenvalue weighted by molar-refractivity contribution is 5.94. The Morgan fingerprint density at radius 3 is 2.40 bits per heavy atom. The molecule has 0 radical (unpaired) electrons.